The highest BCUT2D eigenvalue weighted by Crippen LogP contribution is 2.23. The number of hydrogen-bond acceptors (Lipinski definition) is 5. The van der Waals surface area contributed by atoms with Gasteiger partial charge in [0.1, 0.15) is 5.54 Å². The third-order valence-corrected chi connectivity index (χ3v) is 2.19. The highest BCUT2D eigenvalue weighted by atomic mass is 16.5. The van der Waals surface area contributed by atoms with Crippen LogP contribution >= 0.6 is 0 Å². The van der Waals surface area contributed by atoms with Gasteiger partial charge in [0.2, 0.25) is 6.39 Å². The number of nitrogens with two attached hydrogens (primary N) is 1. The number of ether oxygens (including phenoxy) is 1. The molecule has 0 bridgehead atoms. The van der Waals surface area contributed by atoms with Gasteiger partial charge in [0, 0.05) is 7.11 Å². The molecule has 5 nitrogen and oxygen atoms in total. The summed E-state index contributed by atoms with van der Waals surface area (Å²) in [6.07, 6.45) is 1.27. The maximum Gasteiger partial charge on any atom is 0.213 e. The van der Waals surface area contributed by atoms with Crippen LogP contribution in [-0.4, -0.2) is 23.9 Å². The first-order valence-electron chi connectivity index (χ1n) is 4.16. The molecular weight excluding hydrogens is 170 g/mol. The average Bonchev–Trinajstić information content (AvgIpc) is 2.56. The van der Waals surface area contributed by atoms with Gasteiger partial charge in [0.15, 0.2) is 5.82 Å². The molecule has 74 valence electrons. The predicted octanol–water partition coefficient (Wildman–Crippen LogP) is 0.526. The van der Waals surface area contributed by atoms with E-state index >= 15 is 0 Å². The van der Waals surface area contributed by atoms with Crippen molar-refractivity contribution in [3.63, 3.8) is 0 Å². The fourth-order valence-corrected chi connectivity index (χ4v) is 1.10. The molecule has 0 aliphatic rings. The van der Waals surface area contributed by atoms with Crippen molar-refractivity contribution in [2.45, 2.75) is 19.4 Å². The Morgan fingerprint density at radius 1 is 1.69 bits per heavy atom. The van der Waals surface area contributed by atoms with Gasteiger partial charge in [0.05, 0.1) is 6.61 Å². The standard InChI is InChI=1S/C8H15N3O2/c1-6(2)8(9,4-12-3)7-10-5-13-11-7/h5-6H,4,9H2,1-3H3. The van der Waals surface area contributed by atoms with Gasteiger partial charge < -0.3 is 15.0 Å². The molecule has 0 fully saturated rings. The first-order chi connectivity index (χ1) is 6.11. The summed E-state index contributed by atoms with van der Waals surface area (Å²) >= 11 is 0. The van der Waals surface area contributed by atoms with Gasteiger partial charge in [-0.25, -0.2) is 0 Å². The number of aromatic nitrogens is 2. The fourth-order valence-electron chi connectivity index (χ4n) is 1.10. The van der Waals surface area contributed by atoms with E-state index in [1.807, 2.05) is 13.8 Å². The minimum atomic E-state index is -0.665. The molecule has 0 saturated heterocycles. The topological polar surface area (TPSA) is 74.2 Å². The molecule has 1 heterocycles. The lowest BCUT2D eigenvalue weighted by atomic mass is 9.87. The van der Waals surface area contributed by atoms with Crippen molar-refractivity contribution in [2.24, 2.45) is 11.7 Å². The third-order valence-electron chi connectivity index (χ3n) is 2.19. The van der Waals surface area contributed by atoms with Crippen LogP contribution in [0.1, 0.15) is 19.7 Å². The van der Waals surface area contributed by atoms with Crippen LogP contribution in [0, 0.1) is 5.92 Å². The van der Waals surface area contributed by atoms with E-state index in [1.165, 1.54) is 6.39 Å². The molecule has 0 aliphatic carbocycles. The van der Waals surface area contributed by atoms with Crippen LogP contribution in [0.25, 0.3) is 0 Å². The third kappa shape index (κ3) is 1.87. The summed E-state index contributed by atoms with van der Waals surface area (Å²) in [6.45, 7) is 4.37. The van der Waals surface area contributed by atoms with Gasteiger partial charge in [-0.2, -0.15) is 4.98 Å². The van der Waals surface area contributed by atoms with Crippen LogP contribution < -0.4 is 5.73 Å². The monoisotopic (exact) mass is 185 g/mol. The zero-order valence-corrected chi connectivity index (χ0v) is 8.15. The smallest absolute Gasteiger partial charge is 0.213 e. The summed E-state index contributed by atoms with van der Waals surface area (Å²) < 4.78 is 9.71. The van der Waals surface area contributed by atoms with Gasteiger partial charge in [-0.3, -0.25) is 0 Å². The van der Waals surface area contributed by atoms with Crippen molar-refractivity contribution >= 4 is 0 Å². The molecule has 2 N–H and O–H groups in total. The van der Waals surface area contributed by atoms with Crippen LogP contribution in [0.5, 0.6) is 0 Å². The summed E-state index contributed by atoms with van der Waals surface area (Å²) in [6, 6.07) is 0. The molecule has 1 unspecified atom stereocenters. The number of nitrogens with zero attached hydrogens (tertiary/aromatic N) is 2. The first-order valence-corrected chi connectivity index (χ1v) is 4.16. The zero-order valence-electron chi connectivity index (χ0n) is 8.15. The summed E-state index contributed by atoms with van der Waals surface area (Å²) in [5.41, 5.74) is 5.44. The summed E-state index contributed by atoms with van der Waals surface area (Å²) in [4.78, 5) is 3.95. The van der Waals surface area contributed by atoms with E-state index in [-0.39, 0.29) is 5.92 Å². The molecule has 0 amide bonds. The molecular formula is C8H15N3O2. The van der Waals surface area contributed by atoms with Crippen molar-refractivity contribution in [1.29, 1.82) is 0 Å². The molecule has 1 atom stereocenters. The SMILES string of the molecule is COCC(N)(c1ncon1)C(C)C. The van der Waals surface area contributed by atoms with Gasteiger partial charge >= 0.3 is 0 Å². The Balaban J connectivity index is 2.91. The molecule has 0 radical (unpaired) electrons. The van der Waals surface area contributed by atoms with E-state index in [9.17, 15) is 0 Å². The van der Waals surface area contributed by atoms with Crippen LogP contribution in [0.2, 0.25) is 0 Å². The molecule has 1 aromatic heterocycles. The lowest BCUT2D eigenvalue weighted by Gasteiger charge is -2.29. The van der Waals surface area contributed by atoms with Gasteiger partial charge in [-0.1, -0.05) is 19.0 Å². The highest BCUT2D eigenvalue weighted by Gasteiger charge is 2.35. The zero-order chi connectivity index (χ0) is 9.90. The summed E-state index contributed by atoms with van der Waals surface area (Å²) in [7, 11) is 1.60. The highest BCUT2D eigenvalue weighted by molar-refractivity contribution is 5.03. The Bertz CT molecular complexity index is 248. The number of methoxy groups -OCH3 is 1. The van der Waals surface area contributed by atoms with E-state index in [4.69, 9.17) is 10.5 Å². The van der Waals surface area contributed by atoms with E-state index in [1.54, 1.807) is 7.11 Å². The first kappa shape index (κ1) is 10.1. The van der Waals surface area contributed by atoms with Crippen molar-refractivity contribution in [2.75, 3.05) is 13.7 Å². The van der Waals surface area contributed by atoms with E-state index < -0.39 is 5.54 Å². The number of rotatable bonds is 4. The molecule has 1 aromatic rings. The van der Waals surface area contributed by atoms with Crippen molar-refractivity contribution in [3.05, 3.63) is 12.2 Å². The van der Waals surface area contributed by atoms with Crippen LogP contribution in [0.4, 0.5) is 0 Å². The Morgan fingerprint density at radius 3 is 2.77 bits per heavy atom. The second kappa shape index (κ2) is 3.85. The fraction of sp³-hybridized carbons (Fsp3) is 0.750. The largest absolute Gasteiger partial charge is 0.382 e. The molecule has 5 heteroatoms. The molecule has 0 aliphatic heterocycles. The van der Waals surface area contributed by atoms with Gasteiger partial charge in [-0.05, 0) is 5.92 Å². The van der Waals surface area contributed by atoms with Crippen LogP contribution in [0.15, 0.2) is 10.9 Å². The van der Waals surface area contributed by atoms with Crippen LogP contribution in [-0.2, 0) is 10.3 Å². The maximum absolute atomic E-state index is 6.11. The Labute approximate surface area is 77.3 Å². The summed E-state index contributed by atoms with van der Waals surface area (Å²) in [5.74, 6) is 0.675. The quantitative estimate of drug-likeness (QED) is 0.740. The second-order valence-electron chi connectivity index (χ2n) is 3.38. The molecule has 0 spiro atoms. The Hall–Kier alpha value is -0.940. The van der Waals surface area contributed by atoms with Crippen molar-refractivity contribution in [1.82, 2.24) is 10.1 Å². The lowest BCUT2D eigenvalue weighted by molar-refractivity contribution is 0.0965. The van der Waals surface area contributed by atoms with E-state index in [0.717, 1.165) is 0 Å². The maximum atomic E-state index is 6.11. The average molecular weight is 185 g/mol. The Morgan fingerprint density at radius 2 is 2.38 bits per heavy atom. The molecule has 0 saturated carbocycles. The van der Waals surface area contributed by atoms with E-state index in [2.05, 4.69) is 14.7 Å². The van der Waals surface area contributed by atoms with Crippen LogP contribution in [0.3, 0.4) is 0 Å². The normalized spacial score (nSPS) is 16.1. The molecule has 0 aromatic carbocycles. The van der Waals surface area contributed by atoms with Gasteiger partial charge in [-0.15, -0.1) is 0 Å². The molecule has 13 heavy (non-hydrogen) atoms. The second-order valence-corrected chi connectivity index (χ2v) is 3.38. The summed E-state index contributed by atoms with van der Waals surface area (Å²) in [5, 5.41) is 3.74. The van der Waals surface area contributed by atoms with E-state index in [0.29, 0.717) is 12.4 Å². The van der Waals surface area contributed by atoms with Gasteiger partial charge in [0.25, 0.3) is 0 Å². The molecule has 1 rings (SSSR count). The lowest BCUT2D eigenvalue weighted by Crippen LogP contribution is -2.47. The van der Waals surface area contributed by atoms with Crippen molar-refractivity contribution < 1.29 is 9.26 Å². The number of hydrogen-bond donors (Lipinski definition) is 1. The predicted molar refractivity (Wildman–Crippen MR) is 46.9 cm³/mol. The van der Waals surface area contributed by atoms with Crippen molar-refractivity contribution in [3.8, 4) is 0 Å². The minimum absolute atomic E-state index is 0.185. The minimum Gasteiger partial charge on any atom is -0.382 e. The Kier molecular flexibility index (Phi) is 3.00.